The molecule has 2 atom stereocenters. The molecule has 2 aliphatic heterocycles. The van der Waals surface area contributed by atoms with Crippen LogP contribution in [-0.4, -0.2) is 87.5 Å². The molecule has 0 unspecified atom stereocenters. The molecule has 1 aromatic carbocycles. The summed E-state index contributed by atoms with van der Waals surface area (Å²) in [6.45, 7) is -2.61. The van der Waals surface area contributed by atoms with Crippen molar-refractivity contribution >= 4 is 12.7 Å². The number of benzene rings is 1. The summed E-state index contributed by atoms with van der Waals surface area (Å²) >= 11 is 0. The fraction of sp³-hybridized carbons (Fsp3) is 0.588. The van der Waals surface area contributed by atoms with Crippen molar-refractivity contribution in [1.29, 1.82) is 0 Å². The van der Waals surface area contributed by atoms with Gasteiger partial charge in [0.15, 0.2) is 0 Å². The lowest BCUT2D eigenvalue weighted by Crippen LogP contribution is -2.63. The number of fused-ring (bicyclic) bond motifs is 3. The Labute approximate surface area is 161 Å². The van der Waals surface area contributed by atoms with Gasteiger partial charge < -0.3 is 40.5 Å². The molecule has 1 saturated heterocycles. The van der Waals surface area contributed by atoms with Gasteiger partial charge in [-0.05, 0) is 17.5 Å². The molecule has 0 spiro atoms. The maximum Gasteiger partial charge on any atom is 0.434 e. The van der Waals surface area contributed by atoms with Gasteiger partial charge in [-0.15, -0.1) is 0 Å². The number of aliphatic hydroxyl groups is 2. The molecule has 11 heteroatoms. The number of nitrogens with two attached hydrogens (primary N) is 1. The monoisotopic (exact) mass is 395 g/mol. The van der Waals surface area contributed by atoms with Gasteiger partial charge in [-0.2, -0.15) is 0 Å². The number of carboxylic acid groups (broad SMARTS) is 1. The molecule has 28 heavy (non-hydrogen) atoms. The summed E-state index contributed by atoms with van der Waals surface area (Å²) < 4.78 is 11.1. The van der Waals surface area contributed by atoms with Gasteiger partial charge in [0.05, 0.1) is 24.5 Å². The van der Waals surface area contributed by atoms with Crippen molar-refractivity contribution in [3.8, 4) is 11.5 Å². The van der Waals surface area contributed by atoms with E-state index in [0.29, 0.717) is 25.1 Å². The van der Waals surface area contributed by atoms with E-state index in [9.17, 15) is 30.2 Å². The second-order valence-corrected chi connectivity index (χ2v) is 8.16. The fourth-order valence-corrected chi connectivity index (χ4v) is 4.11. The van der Waals surface area contributed by atoms with Gasteiger partial charge in [0.2, 0.25) is 0 Å². The summed E-state index contributed by atoms with van der Waals surface area (Å²) in [6, 6.07) is 3.29. The third-order valence-electron chi connectivity index (χ3n) is 5.84. The van der Waals surface area contributed by atoms with Crippen molar-refractivity contribution < 1.29 is 39.6 Å². The molecule has 1 aromatic rings. The van der Waals surface area contributed by atoms with E-state index >= 15 is 0 Å². The van der Waals surface area contributed by atoms with Crippen molar-refractivity contribution in [2.75, 3.05) is 32.8 Å². The quantitative estimate of drug-likeness (QED) is 0.293. The maximum atomic E-state index is 11.8. The Kier molecular flexibility index (Phi) is 4.57. The summed E-state index contributed by atoms with van der Waals surface area (Å²) in [5.74, 6) is -1.71. The van der Waals surface area contributed by atoms with E-state index in [1.165, 1.54) is 0 Å². The summed E-state index contributed by atoms with van der Waals surface area (Å²) in [5.41, 5.74) is 5.20. The first-order valence-corrected chi connectivity index (χ1v) is 9.25. The van der Waals surface area contributed by atoms with E-state index in [-0.39, 0.29) is 48.8 Å². The van der Waals surface area contributed by atoms with Crippen LogP contribution in [0.15, 0.2) is 12.1 Å². The lowest BCUT2D eigenvalue weighted by atomic mass is 9.68. The Bertz CT molecular complexity index is 794. The minimum atomic E-state index is -3.08. The zero-order valence-corrected chi connectivity index (χ0v) is 15.2. The average molecular weight is 395 g/mol. The van der Waals surface area contributed by atoms with E-state index in [1.807, 2.05) is 4.90 Å². The molecule has 0 amide bonds. The first kappa shape index (κ1) is 19.4. The second kappa shape index (κ2) is 6.58. The highest BCUT2D eigenvalue weighted by Crippen LogP contribution is 2.63. The van der Waals surface area contributed by atoms with E-state index < -0.39 is 24.1 Å². The molecule has 154 valence electrons. The summed E-state index contributed by atoms with van der Waals surface area (Å²) in [5, 5.41) is 48.3. The largest absolute Gasteiger partial charge is 0.669 e. The lowest BCUT2D eigenvalue weighted by Gasteiger charge is -2.43. The minimum absolute atomic E-state index is 0.0357. The third-order valence-corrected chi connectivity index (χ3v) is 5.84. The van der Waals surface area contributed by atoms with Crippen molar-refractivity contribution in [2.24, 2.45) is 5.73 Å². The lowest BCUT2D eigenvalue weighted by molar-refractivity contribution is -0.0121. The SMILES string of the molecule is NC(CO)(CO)CN1CC(Oc2ccc3c(c2C(=O)O)O[B-](O)(O)[C@@H]2C[C@H]32)C1. The van der Waals surface area contributed by atoms with Gasteiger partial charge in [-0.25, -0.2) is 4.79 Å². The highest BCUT2D eigenvalue weighted by atomic mass is 16.6. The van der Waals surface area contributed by atoms with Crippen molar-refractivity contribution in [2.45, 2.75) is 29.8 Å². The predicted molar refractivity (Wildman–Crippen MR) is 97.3 cm³/mol. The van der Waals surface area contributed by atoms with Gasteiger partial charge in [-0.1, -0.05) is 18.3 Å². The highest BCUT2D eigenvalue weighted by Gasteiger charge is 2.55. The smallest absolute Gasteiger partial charge is 0.434 e. The molecule has 0 bridgehead atoms. The fourth-order valence-electron chi connectivity index (χ4n) is 4.11. The number of likely N-dealkylation sites (tertiary alicyclic amines) is 1. The Morgan fingerprint density at radius 2 is 2.00 bits per heavy atom. The van der Waals surface area contributed by atoms with Crippen LogP contribution >= 0.6 is 0 Å². The number of hydrogen-bond donors (Lipinski definition) is 6. The predicted octanol–water partition coefficient (Wildman–Crippen LogP) is -1.70. The molecular weight excluding hydrogens is 371 g/mol. The van der Waals surface area contributed by atoms with Crippen LogP contribution in [0.1, 0.15) is 28.3 Å². The number of nitrogens with zero attached hydrogens (tertiary/aromatic N) is 1. The second-order valence-electron chi connectivity index (χ2n) is 8.16. The van der Waals surface area contributed by atoms with Crippen molar-refractivity contribution in [3.05, 3.63) is 23.3 Å². The molecule has 10 nitrogen and oxygen atoms in total. The first-order valence-electron chi connectivity index (χ1n) is 9.25. The molecule has 2 fully saturated rings. The molecule has 4 rings (SSSR count). The van der Waals surface area contributed by atoms with Crippen molar-refractivity contribution in [3.63, 3.8) is 0 Å². The van der Waals surface area contributed by atoms with Gasteiger partial charge >= 0.3 is 12.7 Å². The molecule has 2 heterocycles. The first-order chi connectivity index (χ1) is 13.2. The number of ether oxygens (including phenoxy) is 1. The molecular formula is C17H24BN2O8-. The number of aliphatic hydroxyl groups excluding tert-OH is 2. The number of carboxylic acids is 1. The summed E-state index contributed by atoms with van der Waals surface area (Å²) in [4.78, 5) is 13.7. The van der Waals surface area contributed by atoms with Crippen LogP contribution in [0, 0.1) is 0 Å². The van der Waals surface area contributed by atoms with Crippen LogP contribution in [0.25, 0.3) is 0 Å². The Morgan fingerprint density at radius 3 is 2.61 bits per heavy atom. The Morgan fingerprint density at radius 1 is 1.32 bits per heavy atom. The standard InChI is InChI=1S/C17H24BN2O8/c19-17(7-21,8-22)6-20-4-9(5-20)27-13-2-1-10-11-3-12(11)18(25,26)28-15(10)14(13)16(23)24/h1-2,9,11-12,21-22,25-26H,3-8,19H2,(H,23,24)/q-1/t11-,12-/m1/s1. The van der Waals surface area contributed by atoms with E-state index in [0.717, 1.165) is 0 Å². The average Bonchev–Trinajstić information content (AvgIpc) is 3.40. The van der Waals surface area contributed by atoms with Gasteiger partial charge in [0.25, 0.3) is 0 Å². The number of hydrogen-bond acceptors (Lipinski definition) is 9. The van der Waals surface area contributed by atoms with E-state index in [1.54, 1.807) is 12.1 Å². The third kappa shape index (κ3) is 3.23. The summed E-state index contributed by atoms with van der Waals surface area (Å²) in [6.07, 6.45) is 0.251. The maximum absolute atomic E-state index is 11.8. The number of carbonyl (C=O) groups is 1. The van der Waals surface area contributed by atoms with Crippen LogP contribution in [0.5, 0.6) is 11.5 Å². The van der Waals surface area contributed by atoms with Crippen LogP contribution in [-0.2, 0) is 0 Å². The molecule has 0 aromatic heterocycles. The van der Waals surface area contributed by atoms with Crippen LogP contribution < -0.4 is 15.1 Å². The van der Waals surface area contributed by atoms with Gasteiger partial charge in [0.1, 0.15) is 17.4 Å². The minimum Gasteiger partial charge on any atom is -0.669 e. The van der Waals surface area contributed by atoms with Crippen LogP contribution in [0.2, 0.25) is 5.82 Å². The summed E-state index contributed by atoms with van der Waals surface area (Å²) in [7, 11) is 0. The van der Waals surface area contributed by atoms with Crippen LogP contribution in [0.4, 0.5) is 0 Å². The van der Waals surface area contributed by atoms with E-state index in [4.69, 9.17) is 15.1 Å². The Balaban J connectivity index is 1.49. The van der Waals surface area contributed by atoms with Gasteiger partial charge in [0, 0.05) is 19.6 Å². The van der Waals surface area contributed by atoms with Crippen LogP contribution in [0.3, 0.4) is 0 Å². The molecule has 7 N–H and O–H groups in total. The van der Waals surface area contributed by atoms with Crippen molar-refractivity contribution in [1.82, 2.24) is 4.90 Å². The molecule has 3 aliphatic rings. The topological polar surface area (TPSA) is 166 Å². The number of rotatable bonds is 7. The number of aromatic carboxylic acids is 1. The zero-order chi connectivity index (χ0) is 20.3. The zero-order valence-electron chi connectivity index (χ0n) is 15.2. The van der Waals surface area contributed by atoms with Gasteiger partial charge in [-0.3, -0.25) is 4.90 Å². The molecule has 0 radical (unpaired) electrons. The van der Waals surface area contributed by atoms with E-state index in [2.05, 4.69) is 0 Å². The normalized spacial score (nSPS) is 25.9. The highest BCUT2D eigenvalue weighted by molar-refractivity contribution is 6.62. The molecule has 1 aliphatic carbocycles. The Hall–Kier alpha value is -1.89. The molecule has 1 saturated carbocycles.